The van der Waals surface area contributed by atoms with Crippen molar-refractivity contribution in [1.29, 1.82) is 0 Å². The second-order valence-corrected chi connectivity index (χ2v) is 6.85. The Morgan fingerprint density at radius 1 is 1.24 bits per heavy atom. The van der Waals surface area contributed by atoms with E-state index in [0.717, 1.165) is 6.26 Å². The lowest BCUT2D eigenvalue weighted by molar-refractivity contribution is 0.0526. The van der Waals surface area contributed by atoms with Gasteiger partial charge in [0.2, 0.25) is 15.9 Å². The van der Waals surface area contributed by atoms with Gasteiger partial charge in [-0.15, -0.1) is 0 Å². The number of sulfonamides is 1. The minimum Gasteiger partial charge on any atom is -0.462 e. The number of ether oxygens (including phenoxy) is 1. The summed E-state index contributed by atoms with van der Waals surface area (Å²) in [6.07, 6.45) is 1.02. The molecule has 1 amide bonds. The Morgan fingerprint density at radius 2 is 1.88 bits per heavy atom. The highest BCUT2D eigenvalue weighted by molar-refractivity contribution is 7.92. The summed E-state index contributed by atoms with van der Waals surface area (Å²) in [5.41, 5.74) is 0.900. The molecule has 2 rings (SSSR count). The largest absolute Gasteiger partial charge is 0.462 e. The molecule has 0 unspecified atom stereocenters. The third-order valence-electron chi connectivity index (χ3n) is 3.02. The Bertz CT molecular complexity index is 886. The standard InChI is InChI=1S/C15H17N3O6S/c1-4-23-15(20)12-9(2)17-24-14(12)16-13(19)10-5-7-11(8-6-10)18-25(3,21)22/h5-8,18H,4H2,1-3H3,(H,16,19). The molecule has 2 N–H and O–H groups in total. The van der Waals surface area contributed by atoms with Crippen molar-refractivity contribution < 1.29 is 27.3 Å². The van der Waals surface area contributed by atoms with Crippen LogP contribution in [0.3, 0.4) is 0 Å². The number of anilines is 2. The van der Waals surface area contributed by atoms with Crippen molar-refractivity contribution in [3.05, 3.63) is 41.1 Å². The van der Waals surface area contributed by atoms with Crippen LogP contribution in [0.15, 0.2) is 28.8 Å². The van der Waals surface area contributed by atoms with Crippen LogP contribution in [0.25, 0.3) is 0 Å². The maximum atomic E-state index is 12.3. The van der Waals surface area contributed by atoms with Gasteiger partial charge in [0.05, 0.1) is 18.6 Å². The van der Waals surface area contributed by atoms with Crippen LogP contribution in [-0.4, -0.2) is 38.3 Å². The van der Waals surface area contributed by atoms with E-state index in [9.17, 15) is 18.0 Å². The molecule has 0 atom stereocenters. The van der Waals surface area contributed by atoms with E-state index in [1.165, 1.54) is 24.3 Å². The van der Waals surface area contributed by atoms with Crippen molar-refractivity contribution in [2.75, 3.05) is 22.9 Å². The number of benzene rings is 1. The van der Waals surface area contributed by atoms with E-state index in [2.05, 4.69) is 15.2 Å². The summed E-state index contributed by atoms with van der Waals surface area (Å²) in [4.78, 5) is 24.2. The van der Waals surface area contributed by atoms with E-state index in [1.54, 1.807) is 13.8 Å². The molecule has 25 heavy (non-hydrogen) atoms. The number of aryl methyl sites for hydroxylation is 1. The summed E-state index contributed by atoms with van der Waals surface area (Å²) < 4.78 is 34.5. The van der Waals surface area contributed by atoms with Crippen LogP contribution in [0.2, 0.25) is 0 Å². The monoisotopic (exact) mass is 367 g/mol. The molecule has 0 aliphatic rings. The fourth-order valence-electron chi connectivity index (χ4n) is 1.98. The zero-order chi connectivity index (χ0) is 18.6. The number of nitrogens with one attached hydrogen (secondary N) is 2. The van der Waals surface area contributed by atoms with Crippen LogP contribution in [0.1, 0.15) is 33.3 Å². The van der Waals surface area contributed by atoms with Gasteiger partial charge in [-0.05, 0) is 38.1 Å². The lowest BCUT2D eigenvalue weighted by Gasteiger charge is -2.06. The number of aromatic nitrogens is 1. The number of amides is 1. The molecule has 0 radical (unpaired) electrons. The topological polar surface area (TPSA) is 128 Å². The maximum absolute atomic E-state index is 12.3. The lowest BCUT2D eigenvalue weighted by atomic mass is 10.2. The van der Waals surface area contributed by atoms with Gasteiger partial charge in [0.15, 0.2) is 0 Å². The van der Waals surface area contributed by atoms with Gasteiger partial charge in [-0.2, -0.15) is 0 Å². The first-order valence-corrected chi connectivity index (χ1v) is 9.13. The molecule has 2 aromatic rings. The highest BCUT2D eigenvalue weighted by atomic mass is 32.2. The van der Waals surface area contributed by atoms with Gasteiger partial charge in [-0.3, -0.25) is 14.8 Å². The van der Waals surface area contributed by atoms with Crippen molar-refractivity contribution in [1.82, 2.24) is 5.16 Å². The number of rotatable bonds is 6. The smallest absolute Gasteiger partial charge is 0.345 e. The van der Waals surface area contributed by atoms with Crippen LogP contribution >= 0.6 is 0 Å². The van der Waals surface area contributed by atoms with Gasteiger partial charge in [0, 0.05) is 11.3 Å². The SMILES string of the molecule is CCOC(=O)c1c(C)noc1NC(=O)c1ccc(NS(C)(=O)=O)cc1. The van der Waals surface area contributed by atoms with E-state index in [0.29, 0.717) is 11.4 Å². The molecule has 1 aromatic carbocycles. The summed E-state index contributed by atoms with van der Waals surface area (Å²) in [5, 5.41) is 6.10. The van der Waals surface area contributed by atoms with E-state index in [4.69, 9.17) is 9.26 Å². The summed E-state index contributed by atoms with van der Waals surface area (Å²) in [7, 11) is -3.40. The average Bonchev–Trinajstić information content (AvgIpc) is 2.87. The van der Waals surface area contributed by atoms with Crippen molar-refractivity contribution in [2.24, 2.45) is 0 Å². The predicted molar refractivity (Wildman–Crippen MR) is 90.1 cm³/mol. The molecule has 10 heteroatoms. The molecule has 134 valence electrons. The molecule has 0 aliphatic heterocycles. The number of esters is 1. The van der Waals surface area contributed by atoms with Crippen LogP contribution < -0.4 is 10.0 Å². The second-order valence-electron chi connectivity index (χ2n) is 5.10. The first-order chi connectivity index (χ1) is 11.7. The van der Waals surface area contributed by atoms with Gasteiger partial charge in [0.1, 0.15) is 5.56 Å². The molecule has 0 saturated carbocycles. The van der Waals surface area contributed by atoms with Crippen molar-refractivity contribution >= 4 is 33.5 Å². The minimum atomic E-state index is -3.40. The van der Waals surface area contributed by atoms with Crippen molar-refractivity contribution in [3.8, 4) is 0 Å². The van der Waals surface area contributed by atoms with Gasteiger partial charge in [0.25, 0.3) is 5.91 Å². The third kappa shape index (κ3) is 4.80. The molecular weight excluding hydrogens is 350 g/mol. The van der Waals surface area contributed by atoms with Crippen LogP contribution in [0.4, 0.5) is 11.6 Å². The average molecular weight is 367 g/mol. The molecule has 0 saturated heterocycles. The highest BCUT2D eigenvalue weighted by Gasteiger charge is 2.23. The Balaban J connectivity index is 2.16. The van der Waals surface area contributed by atoms with E-state index in [1.807, 2.05) is 0 Å². The van der Waals surface area contributed by atoms with Crippen molar-refractivity contribution in [2.45, 2.75) is 13.8 Å². The Hall–Kier alpha value is -2.88. The fourth-order valence-corrected chi connectivity index (χ4v) is 2.54. The maximum Gasteiger partial charge on any atom is 0.345 e. The zero-order valence-electron chi connectivity index (χ0n) is 13.8. The molecule has 0 bridgehead atoms. The summed E-state index contributed by atoms with van der Waals surface area (Å²) in [6, 6.07) is 5.73. The third-order valence-corrected chi connectivity index (χ3v) is 3.63. The molecular formula is C15H17N3O6S. The second kappa shape index (κ2) is 7.34. The molecule has 0 spiro atoms. The minimum absolute atomic E-state index is 0.0468. The van der Waals surface area contributed by atoms with Gasteiger partial charge in [-0.25, -0.2) is 13.2 Å². The van der Waals surface area contributed by atoms with Gasteiger partial charge in [-0.1, -0.05) is 5.16 Å². The summed E-state index contributed by atoms with van der Waals surface area (Å²) in [6.45, 7) is 3.38. The number of carbonyl (C=O) groups excluding carboxylic acids is 2. The molecule has 1 aromatic heterocycles. The predicted octanol–water partition coefficient (Wildman–Crippen LogP) is 1.78. The first kappa shape index (κ1) is 18.5. The molecule has 9 nitrogen and oxygen atoms in total. The molecule has 1 heterocycles. The lowest BCUT2D eigenvalue weighted by Crippen LogP contribution is -2.15. The van der Waals surface area contributed by atoms with E-state index < -0.39 is 21.9 Å². The van der Waals surface area contributed by atoms with E-state index in [-0.39, 0.29) is 23.6 Å². The number of hydrogen-bond acceptors (Lipinski definition) is 7. The summed E-state index contributed by atoms with van der Waals surface area (Å²) in [5.74, 6) is -1.31. The Kier molecular flexibility index (Phi) is 5.42. The molecule has 0 fully saturated rings. The number of hydrogen-bond donors (Lipinski definition) is 2. The van der Waals surface area contributed by atoms with Gasteiger partial charge < -0.3 is 9.26 Å². The highest BCUT2D eigenvalue weighted by Crippen LogP contribution is 2.21. The van der Waals surface area contributed by atoms with Crippen LogP contribution in [0.5, 0.6) is 0 Å². The fraction of sp³-hybridized carbons (Fsp3) is 0.267. The van der Waals surface area contributed by atoms with Crippen molar-refractivity contribution in [3.63, 3.8) is 0 Å². The van der Waals surface area contributed by atoms with Crippen LogP contribution in [0, 0.1) is 6.92 Å². The Labute approximate surface area is 144 Å². The summed E-state index contributed by atoms with van der Waals surface area (Å²) >= 11 is 0. The Morgan fingerprint density at radius 3 is 2.44 bits per heavy atom. The van der Waals surface area contributed by atoms with Gasteiger partial charge >= 0.3 is 5.97 Å². The zero-order valence-corrected chi connectivity index (χ0v) is 14.6. The molecule has 0 aliphatic carbocycles. The number of nitrogens with zero attached hydrogens (tertiary/aromatic N) is 1. The number of carbonyl (C=O) groups is 2. The van der Waals surface area contributed by atoms with E-state index >= 15 is 0 Å². The quantitative estimate of drug-likeness (QED) is 0.745. The van der Waals surface area contributed by atoms with Crippen LogP contribution in [-0.2, 0) is 14.8 Å². The normalized spacial score (nSPS) is 11.0. The first-order valence-electron chi connectivity index (χ1n) is 7.24.